The minimum absolute atomic E-state index is 0.0979. The van der Waals surface area contributed by atoms with Gasteiger partial charge in [0, 0.05) is 96.4 Å². The number of benzene rings is 10. The molecule has 0 saturated heterocycles. The summed E-state index contributed by atoms with van der Waals surface area (Å²) >= 11 is 0. The van der Waals surface area contributed by atoms with Crippen molar-refractivity contribution in [3.05, 3.63) is 315 Å². The molecule has 0 radical (unpaired) electrons. The summed E-state index contributed by atoms with van der Waals surface area (Å²) < 4.78 is 55.2. The molecular weight excluding hydrogens is 1140 g/mol. The zero-order chi connectivity index (χ0) is 61.9. The Hall–Kier alpha value is -12.3. The minimum atomic E-state index is -4.92. The molecule has 0 saturated carbocycles. The average Bonchev–Trinajstić information content (AvgIpc) is 1.57. The Kier molecular flexibility index (Phi) is 13.6. The van der Waals surface area contributed by atoms with Crippen molar-refractivity contribution >= 4 is 43.6 Å². The van der Waals surface area contributed by atoms with Gasteiger partial charge in [0.1, 0.15) is 0 Å². The lowest BCUT2D eigenvalue weighted by Crippen LogP contribution is -2.13. The molecule has 92 heavy (non-hydrogen) atoms. The molecule has 16 rings (SSSR count). The van der Waals surface area contributed by atoms with Gasteiger partial charge in [0.25, 0.3) is 0 Å². The van der Waals surface area contributed by atoms with E-state index in [0.29, 0.717) is 38.8 Å². The van der Waals surface area contributed by atoms with Crippen LogP contribution in [0.3, 0.4) is 0 Å². The Balaban J connectivity index is 0.957. The Bertz CT molecular complexity index is 5230. The van der Waals surface area contributed by atoms with Gasteiger partial charge in [0.15, 0.2) is 0 Å². The molecule has 434 valence electrons. The molecule has 7 nitrogen and oxygen atoms in total. The molecule has 10 heteroatoms. The van der Waals surface area contributed by atoms with Crippen LogP contribution in [0.1, 0.15) is 11.1 Å². The van der Waals surface area contributed by atoms with Crippen LogP contribution in [-0.2, 0) is 6.18 Å². The molecular formula is C82H50F3N7. The zero-order valence-corrected chi connectivity index (χ0v) is 49.1. The first kappa shape index (κ1) is 55.0. The number of fused-ring (bicyclic) bond motifs is 6. The number of hydrogen-bond acceptors (Lipinski definition) is 5. The van der Waals surface area contributed by atoms with Crippen molar-refractivity contribution in [1.29, 1.82) is 5.26 Å². The highest BCUT2D eigenvalue weighted by atomic mass is 19.4. The van der Waals surface area contributed by atoms with E-state index in [0.717, 1.165) is 111 Å². The van der Waals surface area contributed by atoms with E-state index in [1.807, 2.05) is 278 Å². The fourth-order valence-corrected chi connectivity index (χ4v) is 12.8. The van der Waals surface area contributed by atoms with Crippen LogP contribution in [-0.4, -0.2) is 29.1 Å². The van der Waals surface area contributed by atoms with Crippen LogP contribution in [0.2, 0.25) is 0 Å². The lowest BCUT2D eigenvalue weighted by atomic mass is 9.97. The van der Waals surface area contributed by atoms with Crippen LogP contribution >= 0.6 is 0 Å². The first-order valence-corrected chi connectivity index (χ1v) is 30.2. The second-order valence-corrected chi connectivity index (χ2v) is 22.9. The molecule has 16 aromatic rings. The topological polar surface area (TPSA) is 85.2 Å². The van der Waals surface area contributed by atoms with Crippen LogP contribution in [0, 0.1) is 11.3 Å². The third kappa shape index (κ3) is 10.0. The van der Waals surface area contributed by atoms with Gasteiger partial charge >= 0.3 is 6.18 Å². The summed E-state index contributed by atoms with van der Waals surface area (Å²) in [4.78, 5) is 19.5. The largest absolute Gasteiger partial charge is 0.418 e. The van der Waals surface area contributed by atoms with E-state index in [4.69, 9.17) is 19.9 Å². The second kappa shape index (κ2) is 22.7. The van der Waals surface area contributed by atoms with Crippen LogP contribution in [0.15, 0.2) is 304 Å². The van der Waals surface area contributed by atoms with Gasteiger partial charge in [-0.15, -0.1) is 0 Å². The summed E-state index contributed by atoms with van der Waals surface area (Å²) in [5.41, 5.74) is 16.7. The first-order valence-electron chi connectivity index (χ1n) is 30.2. The van der Waals surface area contributed by atoms with Gasteiger partial charge in [0.05, 0.1) is 73.4 Å². The van der Waals surface area contributed by atoms with Crippen molar-refractivity contribution < 1.29 is 13.2 Å². The molecule has 0 aliphatic heterocycles. The number of aromatic nitrogens is 6. The van der Waals surface area contributed by atoms with Crippen LogP contribution < -0.4 is 0 Å². The fourth-order valence-electron chi connectivity index (χ4n) is 12.8. The Morgan fingerprint density at radius 1 is 0.283 bits per heavy atom. The van der Waals surface area contributed by atoms with Crippen molar-refractivity contribution in [2.24, 2.45) is 0 Å². The van der Waals surface area contributed by atoms with E-state index in [9.17, 15) is 5.26 Å². The zero-order valence-electron chi connectivity index (χ0n) is 49.1. The number of alkyl halides is 3. The maximum Gasteiger partial charge on any atom is 0.418 e. The van der Waals surface area contributed by atoms with Gasteiger partial charge < -0.3 is 9.13 Å². The minimum Gasteiger partial charge on any atom is -0.309 e. The number of nitriles is 1. The number of rotatable bonds is 11. The summed E-state index contributed by atoms with van der Waals surface area (Å²) in [6, 6.07) is 92.3. The van der Waals surface area contributed by atoms with Crippen molar-refractivity contribution in [1.82, 2.24) is 29.1 Å². The van der Waals surface area contributed by atoms with Gasteiger partial charge in [-0.25, -0.2) is 0 Å². The number of halogens is 3. The summed E-state index contributed by atoms with van der Waals surface area (Å²) in [7, 11) is 0. The van der Waals surface area contributed by atoms with Gasteiger partial charge in [-0.1, -0.05) is 206 Å². The highest BCUT2D eigenvalue weighted by Crippen LogP contribution is 2.47. The molecule has 0 spiro atoms. The number of nitrogens with zero attached hydrogens (tertiary/aromatic N) is 7. The molecule has 0 aliphatic rings. The maximum atomic E-state index is 17.2. The Morgan fingerprint density at radius 3 is 0.902 bits per heavy atom. The predicted octanol–water partition coefficient (Wildman–Crippen LogP) is 21.4. The van der Waals surface area contributed by atoms with Gasteiger partial charge in [-0.3, -0.25) is 19.9 Å². The van der Waals surface area contributed by atoms with Crippen molar-refractivity contribution in [2.75, 3.05) is 0 Å². The van der Waals surface area contributed by atoms with E-state index in [2.05, 4.69) is 6.07 Å². The molecule has 0 atom stereocenters. The molecule has 6 heterocycles. The van der Waals surface area contributed by atoms with Crippen LogP contribution in [0.4, 0.5) is 13.2 Å². The maximum absolute atomic E-state index is 17.2. The predicted molar refractivity (Wildman–Crippen MR) is 365 cm³/mol. The van der Waals surface area contributed by atoms with E-state index in [-0.39, 0.29) is 11.4 Å². The van der Waals surface area contributed by atoms with E-state index >= 15 is 13.2 Å². The second-order valence-electron chi connectivity index (χ2n) is 22.9. The molecule has 0 fully saturated rings. The lowest BCUT2D eigenvalue weighted by Gasteiger charge is -2.22. The van der Waals surface area contributed by atoms with Gasteiger partial charge in [-0.2, -0.15) is 18.4 Å². The van der Waals surface area contributed by atoms with Gasteiger partial charge in [-0.05, 0) is 101 Å². The molecule has 10 aromatic carbocycles. The first-order chi connectivity index (χ1) is 45.2. The van der Waals surface area contributed by atoms with Crippen molar-refractivity contribution in [3.8, 4) is 118 Å². The summed E-state index contributed by atoms with van der Waals surface area (Å²) in [5.74, 6) is 0. The smallest absolute Gasteiger partial charge is 0.309 e. The fraction of sp³-hybridized carbons (Fsp3) is 0.0122. The number of pyridine rings is 4. The Morgan fingerprint density at radius 2 is 0.598 bits per heavy atom. The standard InChI is InChI=1S/C82H50F3N7/c83-82(84,85)71-46-80(91-76-41-57(62-28-36-72(87-48-62)53-15-5-1-6-16-53)24-32-66(76)67-33-25-58(42-77(67)91)63-29-37-73(88-49-63)54-17-7-2-8-18-54)70(61-23-13-14-52(40-61)47-86)45-81(71)92-78-43-59(64-30-38-74(89-50-64)55-19-9-3-10-20-55)26-34-68(78)69-35-27-60(44-79(69)92)65-31-39-75(90-51-65)56-21-11-4-12-22-56/h1-46,48-51H. The quantitative estimate of drug-likeness (QED) is 0.129. The third-order valence-corrected chi connectivity index (χ3v) is 17.4. The molecule has 0 bridgehead atoms. The van der Waals surface area contributed by atoms with E-state index < -0.39 is 11.7 Å². The summed E-state index contributed by atoms with van der Waals surface area (Å²) in [6.07, 6.45) is 2.38. The normalized spacial score (nSPS) is 11.6. The molecule has 0 unspecified atom stereocenters. The van der Waals surface area contributed by atoms with Crippen LogP contribution in [0.25, 0.3) is 156 Å². The lowest BCUT2D eigenvalue weighted by molar-refractivity contribution is -0.137. The highest BCUT2D eigenvalue weighted by Gasteiger charge is 2.37. The van der Waals surface area contributed by atoms with Crippen molar-refractivity contribution in [2.45, 2.75) is 6.18 Å². The van der Waals surface area contributed by atoms with E-state index in [1.165, 1.54) is 6.07 Å². The third-order valence-electron chi connectivity index (χ3n) is 17.4. The molecule has 0 N–H and O–H groups in total. The average molecular weight is 1190 g/mol. The SMILES string of the molecule is N#Cc1cccc(-c2cc(-n3c4cc(-c5ccc(-c6ccccc6)nc5)ccc4c4ccc(-c5ccc(-c6ccccc6)nc5)cc43)c(C(F)(F)F)cc2-n2c3cc(-c4ccc(-c5ccccc5)nc4)ccc3c3ccc(-c4ccc(-c5ccccc5)nc4)cc32)c1. The molecule has 0 amide bonds. The molecule has 6 aromatic heterocycles. The van der Waals surface area contributed by atoms with Gasteiger partial charge in [0.2, 0.25) is 0 Å². The summed E-state index contributed by atoms with van der Waals surface area (Å²) in [5, 5.41) is 13.7. The van der Waals surface area contributed by atoms with Crippen molar-refractivity contribution in [3.63, 3.8) is 0 Å². The van der Waals surface area contributed by atoms with Crippen LogP contribution in [0.5, 0.6) is 0 Å². The molecule has 0 aliphatic carbocycles. The monoisotopic (exact) mass is 1190 g/mol. The highest BCUT2D eigenvalue weighted by molar-refractivity contribution is 6.13. The van der Waals surface area contributed by atoms with E-state index in [1.54, 1.807) is 28.8 Å². The number of hydrogen-bond donors (Lipinski definition) is 0. The Labute approximate surface area is 527 Å². The summed E-state index contributed by atoms with van der Waals surface area (Å²) in [6.45, 7) is 0.